The summed E-state index contributed by atoms with van der Waals surface area (Å²) in [6.45, 7) is -0.362. The first-order valence-corrected chi connectivity index (χ1v) is 41.8. The van der Waals surface area contributed by atoms with E-state index >= 15 is 0 Å². The number of aliphatic hydroxyl groups is 17. The summed E-state index contributed by atoms with van der Waals surface area (Å²) in [4.78, 5) is 39.6. The van der Waals surface area contributed by atoms with Crippen LogP contribution in [0.3, 0.4) is 0 Å². The van der Waals surface area contributed by atoms with Crippen LogP contribution >= 0.6 is 0 Å². The maximum absolute atomic E-state index is 13.6. The van der Waals surface area contributed by atoms with Gasteiger partial charge in [0.25, 0.3) is 5.79 Å². The van der Waals surface area contributed by atoms with E-state index < -0.39 is 229 Å². The number of nitrogens with one attached hydrogen (secondary N) is 2. The number of aliphatic hydroxyl groups excluding tert-OH is 17. The van der Waals surface area contributed by atoms with Gasteiger partial charge in [-0.05, 0) is 44.9 Å². The Morgan fingerprint density at radius 1 is 0.464 bits per heavy atom. The average molecular weight is 1620 g/mol. The molecule has 33 heteroatoms. The summed E-state index contributed by atoms with van der Waals surface area (Å²) in [7, 11) is 0. The Labute approximate surface area is 660 Å². The number of hydrogen-bond donors (Lipinski definition) is 20. The molecule has 33 nitrogen and oxygen atoms in total. The lowest BCUT2D eigenvalue weighted by molar-refractivity contribution is -0.392. The van der Waals surface area contributed by atoms with Gasteiger partial charge in [0.15, 0.2) is 25.2 Å². The molecule has 654 valence electrons. The predicted octanol–water partition coefficient (Wildman–Crippen LogP) is 1.71. The largest absolute Gasteiger partial charge is 0.477 e. The van der Waals surface area contributed by atoms with Crippen LogP contribution < -0.4 is 10.6 Å². The standard InChI is InChI=1S/C79H142N2O31/c1-4-6-8-10-12-14-16-18-19-20-21-22-23-24-25-26-27-29-31-33-35-37-39-41-58(91)81-50(51(88)40-38-36-34-32-30-28-17-15-13-11-9-7-5-2)48-103-75-66(98)65(97)69(57(47-86)107-75)108-76-67(99)71(63(95)55(45-84)105-76)110-74-59(80-49(3)87)70(62(94)54(44-83)104-74)109-77-68(100)73(64(96)56(46-85)106-77)112-79(78(101)102)42-52(89)60(92)72(111-79)61(93)53(90)43-82/h18-19,38,40,50-57,59-77,82-86,88-90,92-100H,4-17,20-37,39,41-48H2,1-3H3,(H,80,87)(H,81,91)(H,101,102)/b19-18-,40-38+/t50-,51+,52?,53+,54?,55?,56?,57?,59?,60+,61+,62+,63-,64-,65+,66?,67?,68?,69+,70+,71-,72?,73-,74-,75+,76-,77-,79-/m0/s1. The number of aliphatic carboxylic acids is 1. The van der Waals surface area contributed by atoms with Crippen molar-refractivity contribution in [3.8, 4) is 0 Å². The molecule has 0 aromatic heterocycles. The van der Waals surface area contributed by atoms with E-state index in [1.807, 2.05) is 6.08 Å². The molecular formula is C79H142N2O31. The van der Waals surface area contributed by atoms with Crippen molar-refractivity contribution in [1.29, 1.82) is 0 Å². The molecule has 5 aliphatic rings. The quantitative estimate of drug-likeness (QED) is 0.0304. The predicted molar refractivity (Wildman–Crippen MR) is 404 cm³/mol. The number of carbonyl (C=O) groups is 3. The minimum Gasteiger partial charge on any atom is -0.477 e. The van der Waals surface area contributed by atoms with Crippen LogP contribution in [0.2, 0.25) is 0 Å². The molecule has 0 aromatic rings. The van der Waals surface area contributed by atoms with Gasteiger partial charge in [0, 0.05) is 19.8 Å². The lowest BCUT2D eigenvalue weighted by Crippen LogP contribution is -2.71. The van der Waals surface area contributed by atoms with Gasteiger partial charge in [-0.3, -0.25) is 9.59 Å². The molecule has 0 bridgehead atoms. The maximum atomic E-state index is 13.6. The fraction of sp³-hybridized carbons (Fsp3) is 0.911. The molecule has 20 N–H and O–H groups in total. The lowest BCUT2D eigenvalue weighted by Gasteiger charge is -2.51. The van der Waals surface area contributed by atoms with Gasteiger partial charge in [-0.2, -0.15) is 0 Å². The van der Waals surface area contributed by atoms with E-state index in [1.54, 1.807) is 6.08 Å². The van der Waals surface area contributed by atoms with E-state index in [0.717, 1.165) is 58.3 Å². The van der Waals surface area contributed by atoms with Crippen molar-refractivity contribution in [2.45, 2.75) is 417 Å². The summed E-state index contributed by atoms with van der Waals surface area (Å²) in [5.74, 6) is -6.57. The molecule has 10 unspecified atom stereocenters. The van der Waals surface area contributed by atoms with Crippen LogP contribution in [-0.4, -0.2) is 321 Å². The van der Waals surface area contributed by atoms with Crippen molar-refractivity contribution in [3.05, 3.63) is 24.3 Å². The zero-order chi connectivity index (χ0) is 82.1. The van der Waals surface area contributed by atoms with Crippen molar-refractivity contribution < 1.29 is 154 Å². The fourth-order valence-corrected chi connectivity index (χ4v) is 15.0. The second-order valence-corrected chi connectivity index (χ2v) is 31.0. The molecule has 5 heterocycles. The van der Waals surface area contributed by atoms with E-state index in [1.165, 1.54) is 148 Å². The van der Waals surface area contributed by atoms with Crippen LogP contribution in [0.15, 0.2) is 24.3 Å². The molecule has 5 aliphatic heterocycles. The fourth-order valence-electron chi connectivity index (χ4n) is 15.0. The van der Waals surface area contributed by atoms with E-state index in [9.17, 15) is 106 Å². The van der Waals surface area contributed by atoms with E-state index in [4.69, 9.17) is 47.4 Å². The van der Waals surface area contributed by atoms with Gasteiger partial charge in [0.2, 0.25) is 11.8 Å². The number of carboxylic acid groups (broad SMARTS) is 1. The minimum absolute atomic E-state index is 0.168. The number of hydrogen-bond acceptors (Lipinski definition) is 30. The summed E-state index contributed by atoms with van der Waals surface area (Å²) >= 11 is 0. The highest BCUT2D eigenvalue weighted by Crippen LogP contribution is 2.40. The maximum Gasteiger partial charge on any atom is 0.364 e. The smallest absolute Gasteiger partial charge is 0.364 e. The number of amides is 2. The molecule has 28 atom stereocenters. The molecule has 0 radical (unpaired) electrons. The Kier molecular flexibility index (Phi) is 48.6. The molecular weight excluding hydrogens is 1470 g/mol. The third-order valence-corrected chi connectivity index (χ3v) is 21.8. The lowest BCUT2D eigenvalue weighted by atomic mass is 9.90. The Hall–Kier alpha value is -3.19. The van der Waals surface area contributed by atoms with Crippen LogP contribution in [0.1, 0.15) is 245 Å². The first-order chi connectivity index (χ1) is 53.9. The van der Waals surface area contributed by atoms with Gasteiger partial charge in [-0.15, -0.1) is 0 Å². The molecule has 0 aromatic carbocycles. The summed E-state index contributed by atoms with van der Waals surface area (Å²) in [6.07, 6.45) is -5.09. The normalized spacial score (nSPS) is 33.7. The Morgan fingerprint density at radius 3 is 1.34 bits per heavy atom. The SMILES string of the molecule is CCCCCCCC/C=C\CCCCCCCCCCCCCCCC(=O)N[C@@H](CO[C@@H]1OC(CO)[C@@H](O[C@@H]2OC(CO)[C@H](O)[C@H](O[C@@H]3OC(CO)[C@@H](O)[C@H](O[C@@H]4OC(CO)[C@H](O)[C@H](O[C@]5(C(=O)O)CC(O)[C@@H](O)C([C@H](O)[C@H](O)CO)O5)C4O)C3NC(C)=O)C2O)[C@H](O)C1O)[C@H](O)/C=C/CCCCCCCCCCCCC. The van der Waals surface area contributed by atoms with Gasteiger partial charge in [-0.25, -0.2) is 4.79 Å². The third-order valence-electron chi connectivity index (χ3n) is 21.8. The summed E-state index contributed by atoms with van der Waals surface area (Å²) < 4.78 is 58.6. The monoisotopic (exact) mass is 1610 g/mol. The van der Waals surface area contributed by atoms with Crippen molar-refractivity contribution in [3.63, 3.8) is 0 Å². The van der Waals surface area contributed by atoms with Crippen LogP contribution in [0.25, 0.3) is 0 Å². The second-order valence-electron chi connectivity index (χ2n) is 31.0. The molecule has 5 saturated heterocycles. The molecule has 0 saturated carbocycles. The first-order valence-electron chi connectivity index (χ1n) is 41.8. The molecule has 112 heavy (non-hydrogen) atoms. The Balaban J connectivity index is 1.21. The number of allylic oxidation sites excluding steroid dienone is 3. The van der Waals surface area contributed by atoms with Gasteiger partial charge >= 0.3 is 5.97 Å². The van der Waals surface area contributed by atoms with Crippen molar-refractivity contribution >= 4 is 17.8 Å². The minimum atomic E-state index is -3.22. The number of rotatable bonds is 58. The number of carboxylic acids is 1. The van der Waals surface area contributed by atoms with E-state index in [-0.39, 0.29) is 12.3 Å². The summed E-state index contributed by atoms with van der Waals surface area (Å²) in [6, 6.07) is -2.97. The number of ether oxygens (including phenoxy) is 10. The van der Waals surface area contributed by atoms with Crippen LogP contribution in [-0.2, 0) is 61.8 Å². The molecule has 5 fully saturated rings. The van der Waals surface area contributed by atoms with Crippen LogP contribution in [0.4, 0.5) is 0 Å². The Morgan fingerprint density at radius 2 is 0.875 bits per heavy atom. The average Bonchev–Trinajstić information content (AvgIpc) is 0.759. The van der Waals surface area contributed by atoms with Gasteiger partial charge in [0.1, 0.15) is 122 Å². The summed E-state index contributed by atoms with van der Waals surface area (Å²) in [5.41, 5.74) is 0. The zero-order valence-electron chi connectivity index (χ0n) is 66.2. The topological polar surface area (TPSA) is 532 Å². The highest BCUT2D eigenvalue weighted by Gasteiger charge is 2.61. The summed E-state index contributed by atoms with van der Waals surface area (Å²) in [5, 5.41) is 204. The van der Waals surface area contributed by atoms with Crippen LogP contribution in [0, 0.1) is 0 Å². The number of unbranched alkanes of at least 4 members (excludes halogenated alkanes) is 30. The molecule has 0 aliphatic carbocycles. The highest BCUT2D eigenvalue weighted by atomic mass is 16.8. The molecule has 2 amide bonds. The molecule has 0 spiro atoms. The Bertz CT molecular complexity index is 2570. The van der Waals surface area contributed by atoms with E-state index in [0.29, 0.717) is 12.8 Å². The van der Waals surface area contributed by atoms with Crippen molar-refractivity contribution in [2.75, 3.05) is 39.6 Å². The van der Waals surface area contributed by atoms with Crippen LogP contribution in [0.5, 0.6) is 0 Å². The third kappa shape index (κ3) is 32.2. The highest BCUT2D eigenvalue weighted by molar-refractivity contribution is 5.76. The van der Waals surface area contributed by atoms with Gasteiger partial charge < -0.3 is 150 Å². The van der Waals surface area contributed by atoms with E-state index in [2.05, 4.69) is 36.6 Å². The van der Waals surface area contributed by atoms with Crippen molar-refractivity contribution in [2.24, 2.45) is 0 Å². The number of carbonyl (C=O) groups excluding carboxylic acids is 2. The van der Waals surface area contributed by atoms with Crippen molar-refractivity contribution in [1.82, 2.24) is 10.6 Å². The first kappa shape index (κ1) is 99.4. The van der Waals surface area contributed by atoms with Gasteiger partial charge in [0.05, 0.1) is 57.9 Å². The molecule has 5 rings (SSSR count). The van der Waals surface area contributed by atoms with Gasteiger partial charge in [-0.1, -0.05) is 205 Å². The second kappa shape index (κ2) is 54.8. The zero-order valence-corrected chi connectivity index (χ0v) is 66.2.